The van der Waals surface area contributed by atoms with E-state index in [0.29, 0.717) is 30.7 Å². The van der Waals surface area contributed by atoms with Crippen molar-refractivity contribution in [2.45, 2.75) is 40.5 Å². The Labute approximate surface area is 162 Å². The number of rotatable bonds is 6. The van der Waals surface area contributed by atoms with Crippen molar-refractivity contribution in [3.8, 4) is 11.1 Å². The summed E-state index contributed by atoms with van der Waals surface area (Å²) in [5, 5.41) is 0.642. The highest BCUT2D eigenvalue weighted by atomic mass is 32.1. The zero-order valence-corrected chi connectivity index (χ0v) is 16.9. The lowest BCUT2D eigenvalue weighted by atomic mass is 10.0. The lowest BCUT2D eigenvalue weighted by Crippen LogP contribution is -2.17. The van der Waals surface area contributed by atoms with Crippen LogP contribution in [0, 0.1) is 19.8 Å². The van der Waals surface area contributed by atoms with Crippen LogP contribution in [0.1, 0.15) is 36.5 Å². The number of fused-ring (bicyclic) bond motifs is 1. The number of ether oxygens (including phenoxy) is 1. The molecule has 3 rings (SSSR count). The Hall–Kier alpha value is -2.47. The number of benzene rings is 1. The molecule has 0 bridgehead atoms. The molecule has 0 saturated carbocycles. The van der Waals surface area contributed by atoms with Crippen LogP contribution < -0.4 is 5.56 Å². The zero-order chi connectivity index (χ0) is 19.6. The van der Waals surface area contributed by atoms with Crippen LogP contribution >= 0.6 is 11.3 Å². The van der Waals surface area contributed by atoms with E-state index in [4.69, 9.17) is 4.74 Å². The molecule has 27 heavy (non-hydrogen) atoms. The van der Waals surface area contributed by atoms with Crippen LogP contribution in [0.4, 0.5) is 0 Å². The molecule has 6 heteroatoms. The number of aryl methyl sites for hydroxylation is 3. The van der Waals surface area contributed by atoms with Crippen molar-refractivity contribution in [1.82, 2.24) is 9.97 Å². The third-order valence-electron chi connectivity index (χ3n) is 4.63. The molecule has 0 aliphatic heterocycles. The number of esters is 1. The van der Waals surface area contributed by atoms with E-state index in [0.717, 1.165) is 20.8 Å². The van der Waals surface area contributed by atoms with Gasteiger partial charge in [0.15, 0.2) is 0 Å². The highest BCUT2D eigenvalue weighted by molar-refractivity contribution is 7.19. The van der Waals surface area contributed by atoms with Crippen LogP contribution in [-0.4, -0.2) is 22.5 Å². The Bertz CT molecular complexity index is 1020. The second-order valence-corrected chi connectivity index (χ2v) is 7.99. The number of carbonyl (C=O) groups is 1. The lowest BCUT2D eigenvalue weighted by molar-refractivity contribution is -0.147. The highest BCUT2D eigenvalue weighted by Gasteiger charge is 2.18. The number of aromatic nitrogens is 2. The van der Waals surface area contributed by atoms with Crippen LogP contribution in [0.25, 0.3) is 21.3 Å². The molecular weight excluding hydrogens is 360 g/mol. The summed E-state index contributed by atoms with van der Waals surface area (Å²) in [4.78, 5) is 33.9. The standard InChI is InChI=1S/C21H24N2O3S/c1-5-26-21(25)13(3)8-11-16-22-19(24)18-17(14(4)27-20(18)23-16)15-9-6-12(2)7-10-15/h6-7,9-10,13H,5,8,11H2,1-4H3,(H,22,23,24)/t13-/m1/s1. The Morgan fingerprint density at radius 2 is 1.96 bits per heavy atom. The molecule has 1 aromatic carbocycles. The van der Waals surface area contributed by atoms with E-state index < -0.39 is 0 Å². The average molecular weight is 385 g/mol. The first-order chi connectivity index (χ1) is 12.9. The molecule has 0 aliphatic rings. The number of nitrogens with zero attached hydrogens (tertiary/aromatic N) is 1. The SMILES string of the molecule is CCOC(=O)[C@H](C)CCc1nc2sc(C)c(-c3ccc(C)cc3)c2c(=O)[nH]1. The van der Waals surface area contributed by atoms with Gasteiger partial charge in [-0.25, -0.2) is 4.98 Å². The summed E-state index contributed by atoms with van der Waals surface area (Å²) in [5.74, 6) is 0.175. The molecule has 0 radical (unpaired) electrons. The number of hydrogen-bond donors (Lipinski definition) is 1. The van der Waals surface area contributed by atoms with Crippen LogP contribution in [-0.2, 0) is 16.0 Å². The van der Waals surface area contributed by atoms with Gasteiger partial charge in [0.2, 0.25) is 0 Å². The quantitative estimate of drug-likeness (QED) is 0.639. The molecule has 1 atom stereocenters. The van der Waals surface area contributed by atoms with E-state index >= 15 is 0 Å². The van der Waals surface area contributed by atoms with Gasteiger partial charge in [0.05, 0.1) is 17.9 Å². The monoisotopic (exact) mass is 384 g/mol. The van der Waals surface area contributed by atoms with Gasteiger partial charge in [0, 0.05) is 16.9 Å². The van der Waals surface area contributed by atoms with E-state index in [1.54, 1.807) is 6.92 Å². The minimum atomic E-state index is -0.223. The van der Waals surface area contributed by atoms with Gasteiger partial charge in [-0.1, -0.05) is 36.8 Å². The van der Waals surface area contributed by atoms with Gasteiger partial charge >= 0.3 is 5.97 Å². The van der Waals surface area contributed by atoms with Crippen molar-refractivity contribution in [2.75, 3.05) is 6.61 Å². The first-order valence-electron chi connectivity index (χ1n) is 9.16. The van der Waals surface area contributed by atoms with Crippen LogP contribution in [0.15, 0.2) is 29.1 Å². The minimum absolute atomic E-state index is 0.126. The Kier molecular flexibility index (Phi) is 5.75. The maximum atomic E-state index is 12.8. The molecule has 0 fully saturated rings. The first kappa shape index (κ1) is 19.3. The summed E-state index contributed by atoms with van der Waals surface area (Å²) in [7, 11) is 0. The molecule has 2 heterocycles. The molecular formula is C21H24N2O3S. The summed E-state index contributed by atoms with van der Waals surface area (Å²) in [5.41, 5.74) is 3.04. The molecule has 0 unspecified atom stereocenters. The van der Waals surface area contributed by atoms with E-state index in [1.807, 2.05) is 45.0 Å². The number of hydrogen-bond acceptors (Lipinski definition) is 5. The number of thiophene rings is 1. The Morgan fingerprint density at radius 1 is 1.26 bits per heavy atom. The largest absolute Gasteiger partial charge is 0.466 e. The fraction of sp³-hybridized carbons (Fsp3) is 0.381. The van der Waals surface area contributed by atoms with Gasteiger partial charge < -0.3 is 9.72 Å². The zero-order valence-electron chi connectivity index (χ0n) is 16.1. The topological polar surface area (TPSA) is 72.0 Å². The Balaban J connectivity index is 1.91. The van der Waals surface area contributed by atoms with Gasteiger partial charge in [-0.2, -0.15) is 0 Å². The van der Waals surface area contributed by atoms with Crippen molar-refractivity contribution in [1.29, 1.82) is 0 Å². The average Bonchev–Trinajstić information content (AvgIpc) is 2.97. The summed E-state index contributed by atoms with van der Waals surface area (Å²) in [6.45, 7) is 8.06. The third kappa shape index (κ3) is 4.11. The normalized spacial score (nSPS) is 12.3. The Morgan fingerprint density at radius 3 is 2.63 bits per heavy atom. The molecule has 0 amide bonds. The number of H-pyrrole nitrogens is 1. The van der Waals surface area contributed by atoms with Crippen molar-refractivity contribution in [3.05, 3.63) is 50.9 Å². The summed E-state index contributed by atoms with van der Waals surface area (Å²) in [6.07, 6.45) is 1.12. The molecule has 2 aromatic heterocycles. The molecule has 3 aromatic rings. The smallest absolute Gasteiger partial charge is 0.308 e. The van der Waals surface area contributed by atoms with E-state index in [-0.39, 0.29) is 17.4 Å². The summed E-state index contributed by atoms with van der Waals surface area (Å²) in [6, 6.07) is 8.17. The maximum Gasteiger partial charge on any atom is 0.308 e. The minimum Gasteiger partial charge on any atom is -0.466 e. The lowest BCUT2D eigenvalue weighted by Gasteiger charge is -2.09. The fourth-order valence-electron chi connectivity index (χ4n) is 3.11. The van der Waals surface area contributed by atoms with Gasteiger partial charge in [-0.05, 0) is 32.8 Å². The van der Waals surface area contributed by atoms with Crippen molar-refractivity contribution < 1.29 is 9.53 Å². The van der Waals surface area contributed by atoms with E-state index in [1.165, 1.54) is 16.9 Å². The maximum absolute atomic E-state index is 12.8. The van der Waals surface area contributed by atoms with Crippen molar-refractivity contribution in [3.63, 3.8) is 0 Å². The highest BCUT2D eigenvalue weighted by Crippen LogP contribution is 2.35. The van der Waals surface area contributed by atoms with Crippen LogP contribution in [0.5, 0.6) is 0 Å². The van der Waals surface area contributed by atoms with Gasteiger partial charge in [0.25, 0.3) is 5.56 Å². The van der Waals surface area contributed by atoms with Gasteiger partial charge in [-0.15, -0.1) is 11.3 Å². The predicted octanol–water partition coefficient (Wildman–Crippen LogP) is 4.40. The van der Waals surface area contributed by atoms with Gasteiger partial charge in [0.1, 0.15) is 10.7 Å². The molecule has 0 saturated heterocycles. The second kappa shape index (κ2) is 8.05. The second-order valence-electron chi connectivity index (χ2n) is 6.78. The van der Waals surface area contributed by atoms with Crippen molar-refractivity contribution in [2.24, 2.45) is 5.92 Å². The van der Waals surface area contributed by atoms with E-state index in [9.17, 15) is 9.59 Å². The van der Waals surface area contributed by atoms with Crippen LogP contribution in [0.2, 0.25) is 0 Å². The number of aromatic amines is 1. The predicted molar refractivity (Wildman–Crippen MR) is 109 cm³/mol. The van der Waals surface area contributed by atoms with E-state index in [2.05, 4.69) is 9.97 Å². The third-order valence-corrected chi connectivity index (χ3v) is 5.63. The molecule has 0 spiro atoms. The van der Waals surface area contributed by atoms with Crippen LogP contribution in [0.3, 0.4) is 0 Å². The molecule has 0 aliphatic carbocycles. The van der Waals surface area contributed by atoms with Crippen molar-refractivity contribution >= 4 is 27.5 Å². The number of carbonyl (C=O) groups excluding carboxylic acids is 1. The fourth-order valence-corrected chi connectivity index (χ4v) is 4.17. The summed E-state index contributed by atoms with van der Waals surface area (Å²) < 4.78 is 5.03. The number of nitrogens with one attached hydrogen (secondary N) is 1. The summed E-state index contributed by atoms with van der Waals surface area (Å²) >= 11 is 1.53. The van der Waals surface area contributed by atoms with Gasteiger partial charge in [-0.3, -0.25) is 9.59 Å². The molecule has 1 N–H and O–H groups in total. The molecule has 142 valence electrons. The first-order valence-corrected chi connectivity index (χ1v) is 9.98. The molecule has 5 nitrogen and oxygen atoms in total.